The molecule has 5 N–H and O–H groups in total. The average Bonchev–Trinajstić information content (AvgIpc) is 2.79. The largest absolute Gasteiger partial charge is 0.496 e. The van der Waals surface area contributed by atoms with Gasteiger partial charge in [-0.25, -0.2) is 4.98 Å². The number of nitrogens with zero attached hydrogens (tertiary/aromatic N) is 2. The molecule has 0 bridgehead atoms. The number of carbonyl (C=O) groups is 1. The highest BCUT2D eigenvalue weighted by Gasteiger charge is 2.31. The molecule has 2 heterocycles. The molecule has 1 aliphatic rings. The zero-order valence-corrected chi connectivity index (χ0v) is 18.9. The van der Waals surface area contributed by atoms with E-state index in [1.807, 2.05) is 0 Å². The van der Waals surface area contributed by atoms with Crippen molar-refractivity contribution in [3.05, 3.63) is 45.3 Å². The number of piperidine rings is 1. The van der Waals surface area contributed by atoms with Gasteiger partial charge in [-0.1, -0.05) is 11.6 Å². The summed E-state index contributed by atoms with van der Waals surface area (Å²) >= 11 is 6.09. The fourth-order valence-electron chi connectivity index (χ4n) is 3.72. The number of ether oxygens (including phenoxy) is 2. The number of benzene rings is 1. The predicted molar refractivity (Wildman–Crippen MR) is 123 cm³/mol. The van der Waals surface area contributed by atoms with Gasteiger partial charge in [-0.15, -0.1) is 0 Å². The van der Waals surface area contributed by atoms with Gasteiger partial charge in [0.25, 0.3) is 11.5 Å². The topological polar surface area (TPSA) is 135 Å². The van der Waals surface area contributed by atoms with E-state index in [2.05, 4.69) is 25.5 Å². The first-order valence-electron chi connectivity index (χ1n) is 10.4. The monoisotopic (exact) mass is 464 g/mol. The molecular weight excluding hydrogens is 436 g/mol. The molecule has 2 atom stereocenters. The van der Waals surface area contributed by atoms with Gasteiger partial charge in [0.05, 0.1) is 35.5 Å². The van der Waals surface area contributed by atoms with E-state index in [1.54, 1.807) is 13.2 Å². The number of aromatic nitrogens is 2. The fourth-order valence-corrected chi connectivity index (χ4v) is 3.88. The van der Waals surface area contributed by atoms with Gasteiger partial charge in [0.2, 0.25) is 5.95 Å². The third kappa shape index (κ3) is 6.12. The second-order valence-corrected chi connectivity index (χ2v) is 7.99. The second-order valence-electron chi connectivity index (χ2n) is 7.58. The second kappa shape index (κ2) is 11.2. The molecule has 11 heteroatoms. The van der Waals surface area contributed by atoms with Gasteiger partial charge in [0.15, 0.2) is 0 Å². The van der Waals surface area contributed by atoms with E-state index in [-0.39, 0.29) is 23.6 Å². The van der Waals surface area contributed by atoms with Crippen LogP contribution in [0.2, 0.25) is 5.02 Å². The van der Waals surface area contributed by atoms with Gasteiger partial charge in [0, 0.05) is 45.1 Å². The first kappa shape index (κ1) is 23.8. The third-order valence-corrected chi connectivity index (χ3v) is 5.77. The Morgan fingerprint density at radius 3 is 2.94 bits per heavy atom. The lowest BCUT2D eigenvalue weighted by atomic mass is 10.0. The van der Waals surface area contributed by atoms with Crippen molar-refractivity contribution < 1.29 is 14.3 Å². The number of anilines is 2. The lowest BCUT2D eigenvalue weighted by molar-refractivity contribution is 0.00637. The van der Waals surface area contributed by atoms with Crippen LogP contribution < -0.4 is 26.7 Å². The van der Waals surface area contributed by atoms with E-state index in [1.165, 1.54) is 25.4 Å². The Kier molecular flexibility index (Phi) is 8.32. The van der Waals surface area contributed by atoms with E-state index in [0.717, 1.165) is 25.9 Å². The molecule has 32 heavy (non-hydrogen) atoms. The normalized spacial score (nSPS) is 18.8. The molecule has 0 radical (unpaired) electrons. The number of hydrogen-bond acceptors (Lipinski definition) is 8. The number of nitrogens with two attached hydrogens (primary N) is 1. The molecule has 10 nitrogen and oxygen atoms in total. The zero-order valence-electron chi connectivity index (χ0n) is 18.2. The maximum atomic E-state index is 12.9. The molecule has 1 saturated heterocycles. The minimum Gasteiger partial charge on any atom is -0.496 e. The number of nitrogen functional groups attached to an aromatic ring is 1. The number of nitrogens with one attached hydrogen (secondary N) is 3. The Labute approximate surface area is 191 Å². The molecule has 0 unspecified atom stereocenters. The van der Waals surface area contributed by atoms with Crippen molar-refractivity contribution in [2.45, 2.75) is 25.0 Å². The minimum atomic E-state index is -0.280. The highest BCUT2D eigenvalue weighted by atomic mass is 35.5. The van der Waals surface area contributed by atoms with Crippen LogP contribution in [-0.2, 0) is 4.74 Å². The minimum absolute atomic E-state index is 0.137. The highest BCUT2D eigenvalue weighted by molar-refractivity contribution is 6.33. The molecule has 174 valence electrons. The first-order valence-corrected chi connectivity index (χ1v) is 10.8. The highest BCUT2D eigenvalue weighted by Crippen LogP contribution is 2.29. The van der Waals surface area contributed by atoms with E-state index >= 15 is 0 Å². The van der Waals surface area contributed by atoms with Gasteiger partial charge in [-0.3, -0.25) is 14.6 Å². The first-order chi connectivity index (χ1) is 15.4. The van der Waals surface area contributed by atoms with Crippen LogP contribution in [0, 0.1) is 0 Å². The lowest BCUT2D eigenvalue weighted by Gasteiger charge is -2.38. The van der Waals surface area contributed by atoms with Crippen LogP contribution in [0.5, 0.6) is 5.75 Å². The van der Waals surface area contributed by atoms with Crippen molar-refractivity contribution >= 4 is 29.1 Å². The van der Waals surface area contributed by atoms with E-state index in [4.69, 9.17) is 26.8 Å². The van der Waals surface area contributed by atoms with Crippen LogP contribution in [0.15, 0.2) is 29.2 Å². The molecular formula is C21H29ClN6O4. The number of halogens is 1. The molecule has 1 fully saturated rings. The fraction of sp³-hybridized carbons (Fsp3) is 0.476. The van der Waals surface area contributed by atoms with Gasteiger partial charge >= 0.3 is 0 Å². The number of likely N-dealkylation sites (tertiary alicyclic amines) is 1. The van der Waals surface area contributed by atoms with Crippen LogP contribution in [0.3, 0.4) is 0 Å². The third-order valence-electron chi connectivity index (χ3n) is 5.44. The number of rotatable bonds is 9. The summed E-state index contributed by atoms with van der Waals surface area (Å²) in [5, 5.41) is 6.46. The van der Waals surface area contributed by atoms with Crippen LogP contribution in [0.25, 0.3) is 0 Å². The molecule has 1 aromatic carbocycles. The maximum absolute atomic E-state index is 12.9. The molecule has 2 aromatic rings. The number of H-pyrrole nitrogens is 1. The Morgan fingerprint density at radius 2 is 2.22 bits per heavy atom. The number of methoxy groups -OCH3 is 2. The average molecular weight is 465 g/mol. The van der Waals surface area contributed by atoms with Crippen molar-refractivity contribution in [3.8, 4) is 5.75 Å². The van der Waals surface area contributed by atoms with Gasteiger partial charge < -0.3 is 30.7 Å². The standard InChI is InChI=1S/C21H29ClN6O4/c1-31-17-11-15(23)14(22)10-13(17)20(30)26-16-5-9-28(12-18(16)32-2)8-3-6-24-21-25-7-4-19(29)27-21/h4,7,10-11,16,18H,3,5-6,8-9,12,23H2,1-2H3,(H,26,30)(H2,24,25,27,29)/t16-,18+/m0/s1. The van der Waals surface area contributed by atoms with Crippen molar-refractivity contribution in [1.82, 2.24) is 20.2 Å². The summed E-state index contributed by atoms with van der Waals surface area (Å²) < 4.78 is 10.9. The van der Waals surface area contributed by atoms with Gasteiger partial charge in [0.1, 0.15) is 5.75 Å². The zero-order chi connectivity index (χ0) is 23.1. The summed E-state index contributed by atoms with van der Waals surface area (Å²) in [5.41, 5.74) is 6.31. The smallest absolute Gasteiger partial charge is 0.255 e. The van der Waals surface area contributed by atoms with Crippen molar-refractivity contribution in [2.24, 2.45) is 0 Å². The van der Waals surface area contributed by atoms with Crippen LogP contribution >= 0.6 is 11.6 Å². The molecule has 0 saturated carbocycles. The Bertz CT molecular complexity index is 985. The van der Waals surface area contributed by atoms with E-state index in [9.17, 15) is 9.59 Å². The quantitative estimate of drug-likeness (QED) is 0.322. The Balaban J connectivity index is 1.50. The molecule has 1 aliphatic heterocycles. The summed E-state index contributed by atoms with van der Waals surface area (Å²) in [4.78, 5) is 33.2. The van der Waals surface area contributed by atoms with E-state index in [0.29, 0.717) is 41.1 Å². The molecule has 1 aromatic heterocycles. The maximum Gasteiger partial charge on any atom is 0.255 e. The van der Waals surface area contributed by atoms with Crippen LogP contribution in [-0.4, -0.2) is 73.3 Å². The number of hydrogen-bond donors (Lipinski definition) is 4. The van der Waals surface area contributed by atoms with Crippen molar-refractivity contribution in [1.29, 1.82) is 0 Å². The van der Waals surface area contributed by atoms with Crippen LogP contribution in [0.4, 0.5) is 11.6 Å². The van der Waals surface area contributed by atoms with Gasteiger partial charge in [-0.05, 0) is 25.5 Å². The summed E-state index contributed by atoms with van der Waals surface area (Å²) in [7, 11) is 3.13. The van der Waals surface area contributed by atoms with Crippen LogP contribution in [0.1, 0.15) is 23.2 Å². The summed E-state index contributed by atoms with van der Waals surface area (Å²) in [6.45, 7) is 3.05. The Hall–Kier alpha value is -2.82. The molecule has 1 amide bonds. The molecule has 0 spiro atoms. The van der Waals surface area contributed by atoms with Gasteiger partial charge in [-0.2, -0.15) is 0 Å². The molecule has 0 aliphatic carbocycles. The van der Waals surface area contributed by atoms with Crippen molar-refractivity contribution in [2.75, 3.05) is 51.4 Å². The summed E-state index contributed by atoms with van der Waals surface area (Å²) in [6, 6.07) is 4.30. The predicted octanol–water partition coefficient (Wildman–Crippen LogP) is 1.34. The Morgan fingerprint density at radius 1 is 1.41 bits per heavy atom. The summed E-state index contributed by atoms with van der Waals surface area (Å²) in [6.07, 6.45) is 2.93. The molecule has 3 rings (SSSR count). The van der Waals surface area contributed by atoms with Crippen molar-refractivity contribution in [3.63, 3.8) is 0 Å². The number of amides is 1. The lowest BCUT2D eigenvalue weighted by Crippen LogP contribution is -2.55. The summed E-state index contributed by atoms with van der Waals surface area (Å²) in [5.74, 6) is 0.558. The van der Waals surface area contributed by atoms with E-state index < -0.39 is 0 Å². The SMILES string of the molecule is COc1cc(N)c(Cl)cc1C(=O)N[C@H]1CCN(CCCNc2nccc(=O)[nH]2)C[C@H]1OC. The number of aromatic amines is 1. The number of carbonyl (C=O) groups excluding carboxylic acids is 1.